The number of carbonyl (C=O) groups excluding carboxylic acids is 2. The van der Waals surface area contributed by atoms with E-state index in [0.717, 1.165) is 0 Å². The molecule has 45 heavy (non-hydrogen) atoms. The third-order valence-corrected chi connectivity index (χ3v) is 12.9. The van der Waals surface area contributed by atoms with Crippen LogP contribution in [0.4, 0.5) is 10.5 Å². The average Bonchev–Trinajstić information content (AvgIpc) is 3.19. The smallest absolute Gasteiger partial charge is 0.414 e. The van der Waals surface area contributed by atoms with E-state index in [-0.39, 0.29) is 11.0 Å². The predicted octanol–water partition coefficient (Wildman–Crippen LogP) is 7.87. The molecule has 0 radical (unpaired) electrons. The molecular formula is C35H55NO8Si. The molecule has 0 bridgehead atoms. The van der Waals surface area contributed by atoms with Crippen LogP contribution in [0.15, 0.2) is 30.4 Å². The van der Waals surface area contributed by atoms with Crippen LogP contribution in [0.25, 0.3) is 6.08 Å². The number of anilines is 1. The predicted molar refractivity (Wildman–Crippen MR) is 180 cm³/mol. The second-order valence-corrected chi connectivity index (χ2v) is 19.8. The molecule has 2 aliphatic rings. The van der Waals surface area contributed by atoms with Crippen molar-refractivity contribution >= 4 is 32.1 Å². The highest BCUT2D eigenvalue weighted by Crippen LogP contribution is 2.41. The van der Waals surface area contributed by atoms with Crippen molar-refractivity contribution in [2.24, 2.45) is 5.92 Å². The first-order valence-electron chi connectivity index (χ1n) is 16.0. The van der Waals surface area contributed by atoms with Crippen molar-refractivity contribution in [3.8, 4) is 5.75 Å². The van der Waals surface area contributed by atoms with E-state index in [2.05, 4.69) is 33.9 Å². The maximum Gasteiger partial charge on any atom is 0.414 e. The quantitative estimate of drug-likeness (QED) is 0.201. The maximum absolute atomic E-state index is 14.0. The minimum atomic E-state index is -2.47. The number of esters is 1. The van der Waals surface area contributed by atoms with Crippen molar-refractivity contribution in [2.45, 2.75) is 137 Å². The molecule has 1 N–H and O–H groups in total. The first kappa shape index (κ1) is 36.8. The maximum atomic E-state index is 14.0. The van der Waals surface area contributed by atoms with Gasteiger partial charge < -0.3 is 28.5 Å². The van der Waals surface area contributed by atoms with Crippen LogP contribution < -0.4 is 9.33 Å². The summed E-state index contributed by atoms with van der Waals surface area (Å²) >= 11 is 0. The molecule has 2 aliphatic heterocycles. The monoisotopic (exact) mass is 645 g/mol. The van der Waals surface area contributed by atoms with Crippen LogP contribution >= 0.6 is 0 Å². The summed E-state index contributed by atoms with van der Waals surface area (Å²) in [5.74, 6) is -1.23. The molecule has 9 nitrogen and oxygen atoms in total. The van der Waals surface area contributed by atoms with Crippen molar-refractivity contribution in [3.63, 3.8) is 0 Å². The number of fused-ring (bicyclic) bond motifs is 2. The lowest BCUT2D eigenvalue weighted by Gasteiger charge is -2.37. The number of amides is 1. The van der Waals surface area contributed by atoms with Gasteiger partial charge in [0, 0.05) is 18.5 Å². The summed E-state index contributed by atoms with van der Waals surface area (Å²) in [4.78, 5) is 28.9. The van der Waals surface area contributed by atoms with Gasteiger partial charge in [-0.1, -0.05) is 52.0 Å². The number of aliphatic hydroxyl groups is 1. The fourth-order valence-electron chi connectivity index (χ4n) is 4.92. The third-order valence-electron chi connectivity index (χ3n) is 8.60. The van der Waals surface area contributed by atoms with Crippen molar-refractivity contribution in [1.82, 2.24) is 0 Å². The van der Waals surface area contributed by atoms with E-state index in [1.165, 1.54) is 4.90 Å². The highest BCUT2D eigenvalue weighted by Gasteiger charge is 2.44. The van der Waals surface area contributed by atoms with Crippen molar-refractivity contribution < 1.29 is 38.1 Å². The lowest BCUT2D eigenvalue weighted by atomic mass is 9.98. The fourth-order valence-corrected chi connectivity index (χ4v) is 5.94. The largest absolute Gasteiger partial charge is 0.543 e. The summed E-state index contributed by atoms with van der Waals surface area (Å²) in [5, 5.41) is 10.9. The van der Waals surface area contributed by atoms with Gasteiger partial charge in [-0.2, -0.15) is 0 Å². The molecule has 0 saturated carbocycles. The Kier molecular flexibility index (Phi) is 11.1. The van der Waals surface area contributed by atoms with E-state index in [1.54, 1.807) is 18.2 Å². The van der Waals surface area contributed by atoms with Crippen LogP contribution in [-0.2, 0) is 18.9 Å². The zero-order chi connectivity index (χ0) is 34.1. The Labute approximate surface area is 271 Å². The molecule has 3 rings (SSSR count). The molecule has 252 valence electrons. The van der Waals surface area contributed by atoms with Crippen molar-refractivity contribution in [3.05, 3.63) is 41.5 Å². The molecule has 0 aromatic heterocycles. The van der Waals surface area contributed by atoms with Gasteiger partial charge in [0.1, 0.15) is 35.2 Å². The van der Waals surface area contributed by atoms with Gasteiger partial charge in [-0.25, -0.2) is 9.59 Å². The van der Waals surface area contributed by atoms with Gasteiger partial charge in [-0.15, -0.1) is 0 Å². The molecule has 5 atom stereocenters. The number of aliphatic hydroxyl groups excluding tert-OH is 1. The van der Waals surface area contributed by atoms with Crippen molar-refractivity contribution in [1.29, 1.82) is 0 Å². The first-order valence-corrected chi connectivity index (χ1v) is 18.9. The summed E-state index contributed by atoms with van der Waals surface area (Å²) in [6.45, 7) is 25.7. The van der Waals surface area contributed by atoms with E-state index in [9.17, 15) is 14.7 Å². The molecule has 0 aliphatic carbocycles. The van der Waals surface area contributed by atoms with Crippen LogP contribution in [0.2, 0.25) is 18.1 Å². The number of nitrogens with zero attached hydrogens (tertiary/aromatic N) is 1. The average molecular weight is 646 g/mol. The van der Waals surface area contributed by atoms with Gasteiger partial charge in [-0.3, -0.25) is 4.90 Å². The Balaban J connectivity index is 2.26. The second-order valence-electron chi connectivity index (χ2n) is 15.1. The third kappa shape index (κ3) is 9.21. The number of benzene rings is 1. The van der Waals surface area contributed by atoms with E-state index in [4.69, 9.17) is 23.4 Å². The zero-order valence-electron chi connectivity index (χ0n) is 29.5. The zero-order valence-corrected chi connectivity index (χ0v) is 30.5. The van der Waals surface area contributed by atoms with Gasteiger partial charge >= 0.3 is 12.1 Å². The van der Waals surface area contributed by atoms with Crippen LogP contribution in [0.5, 0.6) is 5.75 Å². The first-order chi connectivity index (χ1) is 20.5. The van der Waals surface area contributed by atoms with Gasteiger partial charge in [0.15, 0.2) is 5.79 Å². The van der Waals surface area contributed by atoms with E-state index < -0.39 is 56.2 Å². The molecule has 1 aromatic rings. The molecule has 1 saturated heterocycles. The Hall–Kier alpha value is -2.66. The molecule has 1 fully saturated rings. The standard InChI is InChI=1S/C35H55NO8Si/c1-14-36(32(39)43-33(4,5)6)25-20-24-16-15-17-27-30(42-35(10,11)41-27)26(37)19-18-22(2)23(3)40-31(38)29(24)28(21-25)44-45(12,13)34(7,8)9/h15-16,18-23,26-27,30,37H,14,17H2,1-13H3/b16-15+,19-18-/t22-,23?,26-,27?,30-/m1/s1. The van der Waals surface area contributed by atoms with Gasteiger partial charge in [0.05, 0.1) is 11.8 Å². The topological polar surface area (TPSA) is 104 Å². The summed E-state index contributed by atoms with van der Waals surface area (Å²) in [7, 11) is -2.47. The number of hydrogen-bond donors (Lipinski definition) is 1. The minimum absolute atomic E-state index is 0.165. The lowest BCUT2D eigenvalue weighted by molar-refractivity contribution is -0.152. The summed E-state index contributed by atoms with van der Waals surface area (Å²) in [5.41, 5.74) is 0.677. The van der Waals surface area contributed by atoms with E-state index in [1.807, 2.05) is 73.6 Å². The molecule has 1 aromatic carbocycles. The SMILES string of the molecule is CCN(C(=O)OC(C)(C)C)c1cc2c(c(O[Si](C)(C)C(C)(C)C)c1)C(=O)OC(C)[C@H](C)/C=C\[C@@H](O)[C@H]1OC(C)(C)OC1C/C=C/2. The van der Waals surface area contributed by atoms with Gasteiger partial charge in [0.2, 0.25) is 0 Å². The highest BCUT2D eigenvalue weighted by atomic mass is 28.4. The molecule has 2 heterocycles. The Bertz CT molecular complexity index is 1290. The number of hydrogen-bond acceptors (Lipinski definition) is 8. The highest BCUT2D eigenvalue weighted by molar-refractivity contribution is 6.74. The minimum Gasteiger partial charge on any atom is -0.543 e. The fraction of sp³-hybridized carbons (Fsp3) is 0.657. The second kappa shape index (κ2) is 13.6. The van der Waals surface area contributed by atoms with Gasteiger partial charge in [0.25, 0.3) is 8.32 Å². The molecule has 2 unspecified atom stereocenters. The number of carbonyl (C=O) groups is 2. The number of cyclic esters (lactones) is 1. The molecule has 1 amide bonds. The van der Waals surface area contributed by atoms with Crippen LogP contribution in [0.3, 0.4) is 0 Å². The normalized spacial score (nSPS) is 27.3. The summed E-state index contributed by atoms with van der Waals surface area (Å²) in [6, 6.07) is 3.54. The van der Waals surface area contributed by atoms with E-state index >= 15 is 0 Å². The molecule has 0 spiro atoms. The Morgan fingerprint density at radius 3 is 2.31 bits per heavy atom. The van der Waals surface area contributed by atoms with Gasteiger partial charge in [-0.05, 0) is 84.6 Å². The number of rotatable bonds is 4. The van der Waals surface area contributed by atoms with Crippen LogP contribution in [-0.4, -0.2) is 67.8 Å². The van der Waals surface area contributed by atoms with Crippen LogP contribution in [0.1, 0.15) is 98.5 Å². The van der Waals surface area contributed by atoms with Crippen molar-refractivity contribution in [2.75, 3.05) is 11.4 Å². The summed E-state index contributed by atoms with van der Waals surface area (Å²) < 4.78 is 30.9. The summed E-state index contributed by atoms with van der Waals surface area (Å²) in [6.07, 6.45) is 4.73. The van der Waals surface area contributed by atoms with Crippen LogP contribution in [0, 0.1) is 5.92 Å². The molecular weight excluding hydrogens is 590 g/mol. The Morgan fingerprint density at radius 1 is 1.09 bits per heavy atom. The number of ether oxygens (including phenoxy) is 4. The van der Waals surface area contributed by atoms with E-state index in [0.29, 0.717) is 35.5 Å². The Morgan fingerprint density at radius 2 is 1.73 bits per heavy atom. The lowest BCUT2D eigenvalue weighted by Crippen LogP contribution is -2.44. The molecule has 10 heteroatoms.